The molecule has 2 rings (SSSR count). The summed E-state index contributed by atoms with van der Waals surface area (Å²) in [6.45, 7) is 4.65. The standard InChI is InChI=1S/C10H11BrO2.C2H6/c11-6-10-12-7-9(13-10)8-4-2-1-3-5-8;1-2/h1-5,9-10H,6-7H2;1-2H3. The Balaban J connectivity index is 0.000000531. The van der Waals surface area contributed by atoms with Crippen molar-refractivity contribution in [3.8, 4) is 0 Å². The molecule has 0 N–H and O–H groups in total. The molecule has 2 nitrogen and oxygen atoms in total. The lowest BCUT2D eigenvalue weighted by atomic mass is 10.1. The second kappa shape index (κ2) is 6.99. The van der Waals surface area contributed by atoms with Crippen LogP contribution in [-0.2, 0) is 9.47 Å². The van der Waals surface area contributed by atoms with Crippen LogP contribution >= 0.6 is 15.9 Å². The van der Waals surface area contributed by atoms with Crippen LogP contribution in [0.5, 0.6) is 0 Å². The Hall–Kier alpha value is -0.380. The topological polar surface area (TPSA) is 18.5 Å². The minimum atomic E-state index is -0.0924. The van der Waals surface area contributed by atoms with E-state index in [-0.39, 0.29) is 12.4 Å². The van der Waals surface area contributed by atoms with E-state index in [0.29, 0.717) is 6.61 Å². The van der Waals surface area contributed by atoms with Crippen molar-refractivity contribution < 1.29 is 9.47 Å². The second-order valence-electron chi connectivity index (χ2n) is 2.95. The van der Waals surface area contributed by atoms with Gasteiger partial charge in [0.05, 0.1) is 11.9 Å². The maximum absolute atomic E-state index is 5.63. The van der Waals surface area contributed by atoms with Crippen LogP contribution in [0.4, 0.5) is 0 Å². The maximum atomic E-state index is 5.63. The summed E-state index contributed by atoms with van der Waals surface area (Å²) in [5.41, 5.74) is 1.19. The Morgan fingerprint density at radius 1 is 1.27 bits per heavy atom. The molecule has 0 spiro atoms. The zero-order valence-corrected chi connectivity index (χ0v) is 10.7. The Morgan fingerprint density at radius 3 is 2.47 bits per heavy atom. The molecule has 1 aliphatic rings. The number of benzene rings is 1. The Bertz CT molecular complexity index is 264. The monoisotopic (exact) mass is 272 g/mol. The van der Waals surface area contributed by atoms with Gasteiger partial charge in [0, 0.05) is 0 Å². The zero-order chi connectivity index (χ0) is 11.1. The summed E-state index contributed by atoms with van der Waals surface area (Å²) >= 11 is 3.33. The van der Waals surface area contributed by atoms with Crippen LogP contribution < -0.4 is 0 Å². The van der Waals surface area contributed by atoms with Crippen molar-refractivity contribution in [3.63, 3.8) is 0 Å². The minimum absolute atomic E-state index is 0.0924. The van der Waals surface area contributed by atoms with Crippen molar-refractivity contribution in [2.45, 2.75) is 26.2 Å². The molecule has 15 heavy (non-hydrogen) atoms. The van der Waals surface area contributed by atoms with Crippen LogP contribution in [0.15, 0.2) is 30.3 Å². The largest absolute Gasteiger partial charge is 0.349 e. The lowest BCUT2D eigenvalue weighted by Gasteiger charge is -2.08. The first kappa shape index (κ1) is 12.7. The van der Waals surface area contributed by atoms with Gasteiger partial charge in [-0.15, -0.1) is 0 Å². The third kappa shape index (κ3) is 3.59. The number of rotatable bonds is 2. The van der Waals surface area contributed by atoms with Crippen LogP contribution in [0.3, 0.4) is 0 Å². The summed E-state index contributed by atoms with van der Waals surface area (Å²) in [5.74, 6) is 0. The van der Waals surface area contributed by atoms with E-state index in [1.165, 1.54) is 5.56 Å². The van der Waals surface area contributed by atoms with Crippen LogP contribution in [0.2, 0.25) is 0 Å². The number of alkyl halides is 1. The third-order valence-electron chi connectivity index (χ3n) is 2.05. The van der Waals surface area contributed by atoms with Crippen LogP contribution in [0.1, 0.15) is 25.5 Å². The summed E-state index contributed by atoms with van der Waals surface area (Å²) in [5, 5.41) is 0.732. The van der Waals surface area contributed by atoms with Gasteiger partial charge in [-0.3, -0.25) is 0 Å². The zero-order valence-electron chi connectivity index (χ0n) is 9.15. The fourth-order valence-corrected chi connectivity index (χ4v) is 1.72. The molecule has 0 saturated carbocycles. The highest BCUT2D eigenvalue weighted by Gasteiger charge is 2.25. The number of hydrogen-bond donors (Lipinski definition) is 0. The molecule has 84 valence electrons. The van der Waals surface area contributed by atoms with Gasteiger partial charge in [-0.25, -0.2) is 0 Å². The summed E-state index contributed by atoms with van der Waals surface area (Å²) in [7, 11) is 0. The molecular formula is C12H17BrO2. The smallest absolute Gasteiger partial charge is 0.168 e. The summed E-state index contributed by atoms with van der Waals surface area (Å²) in [4.78, 5) is 0. The molecule has 2 unspecified atom stereocenters. The Kier molecular flexibility index (Phi) is 5.91. The average Bonchev–Trinajstić information content (AvgIpc) is 2.81. The number of ether oxygens (including phenoxy) is 2. The normalized spacial score (nSPS) is 24.5. The molecule has 0 aromatic heterocycles. The molecule has 1 fully saturated rings. The van der Waals surface area contributed by atoms with Crippen molar-refractivity contribution in [3.05, 3.63) is 35.9 Å². The molecule has 2 atom stereocenters. The maximum Gasteiger partial charge on any atom is 0.168 e. The fourth-order valence-electron chi connectivity index (χ4n) is 1.38. The van der Waals surface area contributed by atoms with Crippen LogP contribution in [0.25, 0.3) is 0 Å². The minimum Gasteiger partial charge on any atom is -0.349 e. The van der Waals surface area contributed by atoms with E-state index < -0.39 is 0 Å². The molecule has 0 aliphatic carbocycles. The SMILES string of the molecule is BrCC1OCC(c2ccccc2)O1.CC. The molecule has 1 heterocycles. The van der Waals surface area contributed by atoms with E-state index in [4.69, 9.17) is 9.47 Å². The van der Waals surface area contributed by atoms with E-state index in [1.54, 1.807) is 0 Å². The third-order valence-corrected chi connectivity index (χ3v) is 2.58. The van der Waals surface area contributed by atoms with Crippen molar-refractivity contribution >= 4 is 15.9 Å². The summed E-state index contributed by atoms with van der Waals surface area (Å²) in [6.07, 6.45) is 0.00829. The molecule has 1 aromatic rings. The van der Waals surface area contributed by atoms with Gasteiger partial charge in [0.25, 0.3) is 0 Å². The van der Waals surface area contributed by atoms with Gasteiger partial charge in [-0.1, -0.05) is 60.1 Å². The van der Waals surface area contributed by atoms with Crippen molar-refractivity contribution in [1.29, 1.82) is 0 Å². The molecule has 1 aromatic carbocycles. The van der Waals surface area contributed by atoms with E-state index in [0.717, 1.165) is 5.33 Å². The molecule has 1 saturated heterocycles. The summed E-state index contributed by atoms with van der Waals surface area (Å²) in [6, 6.07) is 10.1. The summed E-state index contributed by atoms with van der Waals surface area (Å²) < 4.78 is 11.0. The fraction of sp³-hybridized carbons (Fsp3) is 0.500. The Labute approximate surface area is 99.7 Å². The first-order valence-corrected chi connectivity index (χ1v) is 6.40. The predicted molar refractivity (Wildman–Crippen MR) is 65.2 cm³/mol. The first-order chi connectivity index (χ1) is 7.40. The highest BCUT2D eigenvalue weighted by atomic mass is 79.9. The number of hydrogen-bond acceptors (Lipinski definition) is 2. The first-order valence-electron chi connectivity index (χ1n) is 5.28. The van der Waals surface area contributed by atoms with Gasteiger partial charge < -0.3 is 9.47 Å². The molecule has 0 bridgehead atoms. The van der Waals surface area contributed by atoms with E-state index >= 15 is 0 Å². The Morgan fingerprint density at radius 2 is 1.93 bits per heavy atom. The van der Waals surface area contributed by atoms with Crippen LogP contribution in [-0.4, -0.2) is 18.2 Å². The van der Waals surface area contributed by atoms with Crippen molar-refractivity contribution in [1.82, 2.24) is 0 Å². The molecule has 1 aliphatic heterocycles. The van der Waals surface area contributed by atoms with Gasteiger partial charge >= 0.3 is 0 Å². The van der Waals surface area contributed by atoms with Gasteiger partial charge in [0.15, 0.2) is 6.29 Å². The molecule has 3 heteroatoms. The lowest BCUT2D eigenvalue weighted by Crippen LogP contribution is -2.08. The molecule has 0 amide bonds. The van der Waals surface area contributed by atoms with Crippen LogP contribution in [0, 0.1) is 0 Å². The lowest BCUT2D eigenvalue weighted by molar-refractivity contribution is -0.0379. The van der Waals surface area contributed by atoms with Gasteiger partial charge in [-0.2, -0.15) is 0 Å². The van der Waals surface area contributed by atoms with Crippen molar-refractivity contribution in [2.24, 2.45) is 0 Å². The molecular weight excluding hydrogens is 256 g/mol. The van der Waals surface area contributed by atoms with Crippen molar-refractivity contribution in [2.75, 3.05) is 11.9 Å². The highest BCUT2D eigenvalue weighted by Crippen LogP contribution is 2.26. The number of halogens is 1. The van der Waals surface area contributed by atoms with Gasteiger partial charge in [0.1, 0.15) is 6.10 Å². The molecule has 0 radical (unpaired) electrons. The van der Waals surface area contributed by atoms with E-state index in [2.05, 4.69) is 28.1 Å². The quantitative estimate of drug-likeness (QED) is 0.767. The highest BCUT2D eigenvalue weighted by molar-refractivity contribution is 9.09. The van der Waals surface area contributed by atoms with E-state index in [9.17, 15) is 0 Å². The van der Waals surface area contributed by atoms with Gasteiger partial charge in [0.2, 0.25) is 0 Å². The van der Waals surface area contributed by atoms with E-state index in [1.807, 2.05) is 32.0 Å². The predicted octanol–water partition coefficient (Wildman–Crippen LogP) is 3.52. The average molecular weight is 273 g/mol. The van der Waals surface area contributed by atoms with Gasteiger partial charge in [-0.05, 0) is 5.56 Å². The second-order valence-corrected chi connectivity index (χ2v) is 3.60.